The van der Waals surface area contributed by atoms with E-state index < -0.39 is 0 Å². The molecule has 272 valence electrons. The Bertz CT molecular complexity index is 2960. The molecular formula is C56H43N. The van der Waals surface area contributed by atoms with E-state index in [0.717, 1.165) is 11.4 Å². The quantitative estimate of drug-likeness (QED) is 0.159. The highest BCUT2D eigenvalue weighted by Crippen LogP contribution is 2.54. The van der Waals surface area contributed by atoms with E-state index in [9.17, 15) is 0 Å². The van der Waals surface area contributed by atoms with Gasteiger partial charge in [-0.25, -0.2) is 0 Å². The number of hydrogen-bond donors (Lipinski definition) is 0. The van der Waals surface area contributed by atoms with Crippen LogP contribution in [0.3, 0.4) is 0 Å². The van der Waals surface area contributed by atoms with Gasteiger partial charge < -0.3 is 4.90 Å². The maximum atomic E-state index is 2.49. The van der Waals surface area contributed by atoms with Crippen molar-refractivity contribution < 1.29 is 0 Å². The van der Waals surface area contributed by atoms with Crippen molar-refractivity contribution in [3.63, 3.8) is 0 Å². The zero-order chi connectivity index (χ0) is 38.5. The molecule has 0 atom stereocenters. The van der Waals surface area contributed by atoms with Crippen molar-refractivity contribution in [2.45, 2.75) is 38.5 Å². The van der Waals surface area contributed by atoms with Gasteiger partial charge in [-0.1, -0.05) is 167 Å². The molecule has 9 aromatic carbocycles. The molecule has 2 aliphatic rings. The van der Waals surface area contributed by atoms with E-state index in [0.29, 0.717) is 0 Å². The molecule has 0 aliphatic heterocycles. The topological polar surface area (TPSA) is 3.24 Å². The van der Waals surface area contributed by atoms with E-state index in [2.05, 4.69) is 221 Å². The van der Waals surface area contributed by atoms with E-state index >= 15 is 0 Å². The van der Waals surface area contributed by atoms with Crippen molar-refractivity contribution in [3.05, 3.63) is 210 Å². The Morgan fingerprint density at radius 1 is 0.298 bits per heavy atom. The molecule has 0 bridgehead atoms. The highest BCUT2D eigenvalue weighted by atomic mass is 15.1. The minimum atomic E-state index is -0.198. The van der Waals surface area contributed by atoms with Gasteiger partial charge >= 0.3 is 0 Å². The summed E-state index contributed by atoms with van der Waals surface area (Å²) in [5.74, 6) is 0. The lowest BCUT2D eigenvalue weighted by Gasteiger charge is -2.28. The van der Waals surface area contributed by atoms with Crippen LogP contribution in [-0.2, 0) is 10.8 Å². The predicted molar refractivity (Wildman–Crippen MR) is 242 cm³/mol. The van der Waals surface area contributed by atoms with Crippen LogP contribution in [0.15, 0.2) is 188 Å². The molecule has 0 heterocycles. The molecule has 0 saturated heterocycles. The van der Waals surface area contributed by atoms with Crippen molar-refractivity contribution in [1.29, 1.82) is 0 Å². The van der Waals surface area contributed by atoms with Crippen molar-refractivity contribution in [3.8, 4) is 44.5 Å². The van der Waals surface area contributed by atoms with Gasteiger partial charge in [0.2, 0.25) is 0 Å². The monoisotopic (exact) mass is 729 g/mol. The third-order valence-corrected chi connectivity index (χ3v) is 13.0. The first-order chi connectivity index (χ1) is 27.8. The van der Waals surface area contributed by atoms with Crippen LogP contribution < -0.4 is 4.90 Å². The molecule has 0 unspecified atom stereocenters. The summed E-state index contributed by atoms with van der Waals surface area (Å²) in [6.07, 6.45) is 0. The molecule has 2 aliphatic carbocycles. The standard InChI is InChI=1S/C56H43N/c1-55(2)49-26-16-15-21-41(49)42-30-27-36(33-50(42)55)53-45-22-11-13-24-47(45)54(48-25-14-12-23-46(48)53)37-28-31-43-44-32-29-40(35-52(44)56(3,4)51(43)34-37)57(38-17-7-5-8-18-38)39-19-9-6-10-20-39/h5-35H,1-4H3. The number of hydrogen-bond acceptors (Lipinski definition) is 1. The average Bonchev–Trinajstić information content (AvgIpc) is 3.62. The highest BCUT2D eigenvalue weighted by Gasteiger charge is 2.37. The van der Waals surface area contributed by atoms with Crippen LogP contribution in [0.1, 0.15) is 49.9 Å². The summed E-state index contributed by atoms with van der Waals surface area (Å²) >= 11 is 0. The predicted octanol–water partition coefficient (Wildman–Crippen LogP) is 15.4. The smallest absolute Gasteiger partial charge is 0.0465 e. The van der Waals surface area contributed by atoms with Gasteiger partial charge in [-0.05, 0) is 137 Å². The minimum absolute atomic E-state index is 0.0651. The summed E-state index contributed by atoms with van der Waals surface area (Å²) in [7, 11) is 0. The van der Waals surface area contributed by atoms with Crippen LogP contribution in [0.4, 0.5) is 17.1 Å². The molecule has 0 radical (unpaired) electrons. The SMILES string of the molecule is CC1(C)c2ccccc2-c2ccc(-c3c4ccccc4c(-c4ccc5c(c4)C(C)(C)c4cc(N(c6ccccc6)c6ccccc6)ccc4-5)c4ccccc34)cc21. The molecule has 1 heteroatoms. The Balaban J connectivity index is 1.06. The fourth-order valence-electron chi connectivity index (χ4n) is 10.2. The maximum absolute atomic E-state index is 2.49. The first kappa shape index (κ1) is 33.6. The van der Waals surface area contributed by atoms with Crippen LogP contribution in [0.5, 0.6) is 0 Å². The molecule has 0 amide bonds. The van der Waals surface area contributed by atoms with Crippen LogP contribution in [0.2, 0.25) is 0 Å². The lowest BCUT2D eigenvalue weighted by atomic mass is 9.79. The second kappa shape index (κ2) is 12.4. The summed E-state index contributed by atoms with van der Waals surface area (Å²) in [4.78, 5) is 2.37. The summed E-state index contributed by atoms with van der Waals surface area (Å²) in [6, 6.07) is 69.9. The number of rotatable bonds is 5. The van der Waals surface area contributed by atoms with Crippen LogP contribution in [0.25, 0.3) is 66.1 Å². The molecule has 0 aromatic heterocycles. The minimum Gasteiger partial charge on any atom is -0.310 e. The molecule has 0 spiro atoms. The Morgan fingerprint density at radius 3 is 1.16 bits per heavy atom. The summed E-state index contributed by atoms with van der Waals surface area (Å²) in [5, 5.41) is 5.14. The zero-order valence-corrected chi connectivity index (χ0v) is 32.8. The number of benzene rings is 9. The highest BCUT2D eigenvalue weighted by molar-refractivity contribution is 6.21. The Kier molecular flexibility index (Phi) is 7.32. The molecule has 0 N–H and O–H groups in total. The summed E-state index contributed by atoms with van der Waals surface area (Å²) < 4.78 is 0. The molecule has 11 rings (SSSR count). The van der Waals surface area contributed by atoms with Crippen molar-refractivity contribution in [2.24, 2.45) is 0 Å². The second-order valence-electron chi connectivity index (χ2n) is 16.9. The fraction of sp³-hybridized carbons (Fsp3) is 0.107. The van der Waals surface area contributed by atoms with Crippen molar-refractivity contribution in [1.82, 2.24) is 0 Å². The first-order valence-corrected chi connectivity index (χ1v) is 20.2. The van der Waals surface area contributed by atoms with Gasteiger partial charge in [0.05, 0.1) is 0 Å². The number of para-hydroxylation sites is 2. The molecule has 1 nitrogen and oxygen atoms in total. The molecular weight excluding hydrogens is 687 g/mol. The zero-order valence-electron chi connectivity index (χ0n) is 32.8. The molecule has 0 saturated carbocycles. The average molecular weight is 730 g/mol. The van der Waals surface area contributed by atoms with Gasteiger partial charge in [0.25, 0.3) is 0 Å². The summed E-state index contributed by atoms with van der Waals surface area (Å²) in [5.41, 5.74) is 19.2. The number of fused-ring (bicyclic) bond motifs is 8. The second-order valence-corrected chi connectivity index (χ2v) is 16.9. The first-order valence-electron chi connectivity index (χ1n) is 20.2. The van der Waals surface area contributed by atoms with Crippen LogP contribution in [0, 0.1) is 0 Å². The van der Waals surface area contributed by atoms with Gasteiger partial charge in [0.1, 0.15) is 0 Å². The van der Waals surface area contributed by atoms with Gasteiger partial charge in [-0.15, -0.1) is 0 Å². The molecule has 57 heavy (non-hydrogen) atoms. The van der Waals surface area contributed by atoms with E-state index in [1.165, 1.54) is 94.0 Å². The number of nitrogens with zero attached hydrogens (tertiary/aromatic N) is 1. The Labute approximate surface area is 335 Å². The van der Waals surface area contributed by atoms with E-state index in [4.69, 9.17) is 0 Å². The Hall–Kier alpha value is -6.70. The largest absolute Gasteiger partial charge is 0.310 e. The lowest BCUT2D eigenvalue weighted by molar-refractivity contribution is 0.660. The van der Waals surface area contributed by atoms with Gasteiger partial charge in [0, 0.05) is 27.9 Å². The summed E-state index contributed by atoms with van der Waals surface area (Å²) in [6.45, 7) is 9.54. The molecule has 0 fully saturated rings. The normalized spacial score (nSPS) is 14.2. The van der Waals surface area contributed by atoms with E-state index in [1.54, 1.807) is 0 Å². The fourth-order valence-corrected chi connectivity index (χ4v) is 10.2. The third-order valence-electron chi connectivity index (χ3n) is 13.0. The molecule has 9 aromatic rings. The van der Waals surface area contributed by atoms with Gasteiger partial charge in [0.15, 0.2) is 0 Å². The third kappa shape index (κ3) is 4.95. The maximum Gasteiger partial charge on any atom is 0.0465 e. The van der Waals surface area contributed by atoms with E-state index in [-0.39, 0.29) is 10.8 Å². The number of anilines is 3. The van der Waals surface area contributed by atoms with Crippen molar-refractivity contribution >= 4 is 38.6 Å². The van der Waals surface area contributed by atoms with Crippen LogP contribution >= 0.6 is 0 Å². The van der Waals surface area contributed by atoms with Crippen LogP contribution in [-0.4, -0.2) is 0 Å². The van der Waals surface area contributed by atoms with E-state index in [1.807, 2.05) is 0 Å². The van der Waals surface area contributed by atoms with Gasteiger partial charge in [-0.3, -0.25) is 0 Å². The van der Waals surface area contributed by atoms with Crippen molar-refractivity contribution in [2.75, 3.05) is 4.90 Å². The van der Waals surface area contributed by atoms with Gasteiger partial charge in [-0.2, -0.15) is 0 Å². The Morgan fingerprint density at radius 2 is 0.667 bits per heavy atom. The lowest BCUT2D eigenvalue weighted by Crippen LogP contribution is -2.16.